The van der Waals surface area contributed by atoms with Gasteiger partial charge in [-0.3, -0.25) is 4.99 Å². The van der Waals surface area contributed by atoms with E-state index in [9.17, 15) is 8.42 Å². The number of hydrogen-bond acceptors (Lipinski definition) is 4. The minimum absolute atomic E-state index is 0. The molecule has 1 unspecified atom stereocenters. The third-order valence-corrected chi connectivity index (χ3v) is 6.57. The summed E-state index contributed by atoms with van der Waals surface area (Å²) in [5, 5.41) is 6.54. The van der Waals surface area contributed by atoms with Crippen molar-refractivity contribution in [1.29, 1.82) is 0 Å². The normalized spacial score (nSPS) is 18.6. The van der Waals surface area contributed by atoms with Crippen molar-refractivity contribution in [3.8, 4) is 5.75 Å². The summed E-state index contributed by atoms with van der Waals surface area (Å²) in [6.07, 6.45) is 1.74. The summed E-state index contributed by atoms with van der Waals surface area (Å²) in [7, 11) is -1.13. The van der Waals surface area contributed by atoms with Gasteiger partial charge in [-0.05, 0) is 43.2 Å². The van der Waals surface area contributed by atoms with Crippen molar-refractivity contribution in [3.63, 3.8) is 0 Å². The van der Waals surface area contributed by atoms with Crippen LogP contribution in [-0.4, -0.2) is 46.1 Å². The second kappa shape index (κ2) is 11.8. The molecule has 1 fully saturated rings. The van der Waals surface area contributed by atoms with Gasteiger partial charge in [0.2, 0.25) is 0 Å². The van der Waals surface area contributed by atoms with Gasteiger partial charge in [0.05, 0.1) is 18.1 Å². The maximum atomic E-state index is 11.6. The number of benzene rings is 1. The zero-order valence-electron chi connectivity index (χ0n) is 17.3. The first-order chi connectivity index (χ1) is 12.8. The van der Waals surface area contributed by atoms with Crippen LogP contribution in [0.5, 0.6) is 5.75 Å². The molecule has 2 N–H and O–H groups in total. The SMILES string of the molecule is CN=C(NCc1ccc(C)cc1OCCC(C)C)NCC1CCS(=O)(=O)C1.I. The van der Waals surface area contributed by atoms with Crippen molar-refractivity contribution >= 4 is 39.8 Å². The Morgan fingerprint density at radius 2 is 2.07 bits per heavy atom. The van der Waals surface area contributed by atoms with Crippen LogP contribution >= 0.6 is 24.0 Å². The first-order valence-corrected chi connectivity index (χ1v) is 11.5. The Morgan fingerprint density at radius 3 is 2.68 bits per heavy atom. The van der Waals surface area contributed by atoms with Crippen molar-refractivity contribution in [2.75, 3.05) is 31.7 Å². The molecule has 2 rings (SSSR count). The molecule has 28 heavy (non-hydrogen) atoms. The quantitative estimate of drug-likeness (QED) is 0.311. The van der Waals surface area contributed by atoms with E-state index in [1.54, 1.807) is 7.05 Å². The summed E-state index contributed by atoms with van der Waals surface area (Å²) in [4.78, 5) is 4.24. The van der Waals surface area contributed by atoms with Gasteiger partial charge in [-0.2, -0.15) is 0 Å². The predicted octanol–water partition coefficient (Wildman–Crippen LogP) is 3.14. The van der Waals surface area contributed by atoms with Gasteiger partial charge in [-0.15, -0.1) is 24.0 Å². The summed E-state index contributed by atoms with van der Waals surface area (Å²) in [5.41, 5.74) is 2.25. The molecule has 0 aromatic heterocycles. The van der Waals surface area contributed by atoms with E-state index in [2.05, 4.69) is 54.6 Å². The zero-order chi connectivity index (χ0) is 19.9. The smallest absolute Gasteiger partial charge is 0.191 e. The molecule has 1 atom stereocenters. The molecule has 1 aromatic carbocycles. The van der Waals surface area contributed by atoms with Crippen molar-refractivity contribution < 1.29 is 13.2 Å². The van der Waals surface area contributed by atoms with Gasteiger partial charge in [0, 0.05) is 25.7 Å². The van der Waals surface area contributed by atoms with Gasteiger partial charge in [0.1, 0.15) is 5.75 Å². The molecule has 1 aliphatic rings. The molecule has 6 nitrogen and oxygen atoms in total. The first kappa shape index (κ1) is 25.0. The lowest BCUT2D eigenvalue weighted by molar-refractivity contribution is 0.286. The molecule has 0 saturated carbocycles. The van der Waals surface area contributed by atoms with Crippen LogP contribution in [0, 0.1) is 18.8 Å². The summed E-state index contributed by atoms with van der Waals surface area (Å²) in [6, 6.07) is 6.21. The van der Waals surface area contributed by atoms with Crippen molar-refractivity contribution in [3.05, 3.63) is 29.3 Å². The molecule has 0 aliphatic carbocycles. The van der Waals surface area contributed by atoms with Crippen LogP contribution < -0.4 is 15.4 Å². The molecule has 0 radical (unpaired) electrons. The summed E-state index contributed by atoms with van der Waals surface area (Å²) >= 11 is 0. The minimum atomic E-state index is -2.85. The fraction of sp³-hybridized carbons (Fsp3) is 0.650. The molecular weight excluding hydrogens is 489 g/mol. The number of aryl methyl sites for hydroxylation is 1. The Kier molecular flexibility index (Phi) is 10.6. The highest BCUT2D eigenvalue weighted by Crippen LogP contribution is 2.21. The number of nitrogens with one attached hydrogen (secondary N) is 2. The molecule has 1 heterocycles. The largest absolute Gasteiger partial charge is 0.493 e. The van der Waals surface area contributed by atoms with E-state index >= 15 is 0 Å². The molecule has 0 spiro atoms. The van der Waals surface area contributed by atoms with Gasteiger partial charge in [-0.25, -0.2) is 8.42 Å². The fourth-order valence-electron chi connectivity index (χ4n) is 3.02. The third-order valence-electron chi connectivity index (χ3n) is 4.73. The van der Waals surface area contributed by atoms with E-state index in [4.69, 9.17) is 4.74 Å². The lowest BCUT2D eigenvalue weighted by atomic mass is 10.1. The summed E-state index contributed by atoms with van der Waals surface area (Å²) < 4.78 is 29.1. The number of guanidine groups is 1. The van der Waals surface area contributed by atoms with Crippen molar-refractivity contribution in [2.45, 2.75) is 40.2 Å². The lowest BCUT2D eigenvalue weighted by Gasteiger charge is -2.17. The van der Waals surface area contributed by atoms with Crippen LogP contribution in [0.4, 0.5) is 0 Å². The van der Waals surface area contributed by atoms with E-state index in [-0.39, 0.29) is 35.6 Å². The van der Waals surface area contributed by atoms with Crippen LogP contribution in [0.2, 0.25) is 0 Å². The second-order valence-corrected chi connectivity index (χ2v) is 9.95. The Bertz CT molecular complexity index is 751. The van der Waals surface area contributed by atoms with Crippen LogP contribution in [0.15, 0.2) is 23.2 Å². The standard InChI is InChI=1S/C20H33N3O3S.HI/c1-15(2)7-9-26-19-11-16(3)5-6-18(19)13-23-20(21-4)22-12-17-8-10-27(24,25)14-17;/h5-6,11,15,17H,7-10,12-14H2,1-4H3,(H2,21,22,23);1H. The minimum Gasteiger partial charge on any atom is -0.493 e. The highest BCUT2D eigenvalue weighted by molar-refractivity contribution is 14.0. The number of aliphatic imine (C=N–C) groups is 1. The highest BCUT2D eigenvalue weighted by Gasteiger charge is 2.27. The summed E-state index contributed by atoms with van der Waals surface area (Å²) in [6.45, 7) is 8.35. The third kappa shape index (κ3) is 8.55. The van der Waals surface area contributed by atoms with E-state index in [0.717, 1.165) is 24.2 Å². The number of halogens is 1. The number of nitrogens with zero attached hydrogens (tertiary/aromatic N) is 1. The van der Waals surface area contributed by atoms with Gasteiger partial charge >= 0.3 is 0 Å². The molecule has 1 aliphatic heterocycles. The molecule has 0 amide bonds. The maximum absolute atomic E-state index is 11.6. The first-order valence-electron chi connectivity index (χ1n) is 9.66. The monoisotopic (exact) mass is 523 g/mol. The Hall–Kier alpha value is -1.03. The Morgan fingerprint density at radius 1 is 1.32 bits per heavy atom. The van der Waals surface area contributed by atoms with Crippen molar-refractivity contribution in [1.82, 2.24) is 10.6 Å². The maximum Gasteiger partial charge on any atom is 0.191 e. The molecule has 160 valence electrons. The van der Waals surface area contributed by atoms with E-state index < -0.39 is 9.84 Å². The van der Waals surface area contributed by atoms with Crippen molar-refractivity contribution in [2.24, 2.45) is 16.8 Å². The van der Waals surface area contributed by atoms with Crippen LogP contribution in [-0.2, 0) is 16.4 Å². The summed E-state index contributed by atoms with van der Waals surface area (Å²) in [5.74, 6) is 2.91. The van der Waals surface area contributed by atoms with Gasteiger partial charge in [-0.1, -0.05) is 26.0 Å². The van der Waals surface area contributed by atoms with E-state index in [1.165, 1.54) is 5.56 Å². The van der Waals surface area contributed by atoms with Gasteiger partial charge < -0.3 is 15.4 Å². The van der Waals surface area contributed by atoms with Crippen LogP contribution in [0.1, 0.15) is 37.8 Å². The highest BCUT2D eigenvalue weighted by atomic mass is 127. The number of hydrogen-bond donors (Lipinski definition) is 2. The zero-order valence-corrected chi connectivity index (χ0v) is 20.5. The molecule has 1 saturated heterocycles. The van der Waals surface area contributed by atoms with Gasteiger partial charge in [0.15, 0.2) is 15.8 Å². The average Bonchev–Trinajstić information content (AvgIpc) is 2.95. The van der Waals surface area contributed by atoms with Crippen LogP contribution in [0.25, 0.3) is 0 Å². The van der Waals surface area contributed by atoms with Crippen LogP contribution in [0.3, 0.4) is 0 Å². The second-order valence-electron chi connectivity index (χ2n) is 7.72. The average molecular weight is 523 g/mol. The Labute approximate surface area is 186 Å². The Balaban J connectivity index is 0.00000392. The number of sulfone groups is 1. The fourth-order valence-corrected chi connectivity index (χ4v) is 4.88. The van der Waals surface area contributed by atoms with Gasteiger partial charge in [0.25, 0.3) is 0 Å². The lowest BCUT2D eigenvalue weighted by Crippen LogP contribution is -2.39. The number of rotatable bonds is 8. The van der Waals surface area contributed by atoms with E-state index in [0.29, 0.717) is 37.3 Å². The molecule has 0 bridgehead atoms. The molecule has 1 aromatic rings. The number of ether oxygens (including phenoxy) is 1. The molecular formula is C20H34IN3O3S. The predicted molar refractivity (Wildman–Crippen MR) is 127 cm³/mol. The molecule has 8 heteroatoms. The van der Waals surface area contributed by atoms with E-state index in [1.807, 2.05) is 0 Å². The topological polar surface area (TPSA) is 79.8 Å².